The summed E-state index contributed by atoms with van der Waals surface area (Å²) in [5, 5.41) is 0. The van der Waals surface area contributed by atoms with Gasteiger partial charge in [0.25, 0.3) is 0 Å². The molecule has 4 heteroatoms. The van der Waals surface area contributed by atoms with Gasteiger partial charge in [0.15, 0.2) is 11.6 Å². The van der Waals surface area contributed by atoms with Crippen molar-refractivity contribution in [1.29, 1.82) is 0 Å². The Hall–Kier alpha value is -2.10. The summed E-state index contributed by atoms with van der Waals surface area (Å²) in [6, 6.07) is 8.00. The van der Waals surface area contributed by atoms with Crippen molar-refractivity contribution >= 4 is 5.78 Å². The smallest absolute Gasteiger partial charge is 0.195 e. The lowest BCUT2D eigenvalue weighted by Crippen LogP contribution is -2.07. The van der Waals surface area contributed by atoms with Crippen LogP contribution in [-0.4, -0.2) is 21.4 Å². The molecule has 0 radical (unpaired) electrons. The Kier molecular flexibility index (Phi) is 3.30. The van der Waals surface area contributed by atoms with E-state index >= 15 is 0 Å². The molecule has 1 aromatic carbocycles. The van der Waals surface area contributed by atoms with E-state index in [9.17, 15) is 4.79 Å². The molecule has 0 unspecified atom stereocenters. The first-order chi connectivity index (χ1) is 9.69. The molecule has 1 aromatic heterocycles. The molecule has 4 nitrogen and oxygen atoms in total. The van der Waals surface area contributed by atoms with Gasteiger partial charge in [0, 0.05) is 19.0 Å². The lowest BCUT2D eigenvalue weighted by Gasteiger charge is -2.09. The Labute approximate surface area is 118 Å². The SMILES string of the molecule is CCn1c(-c2ccc(OC3CC3)cc2)cnc1C(C)=O. The first-order valence-electron chi connectivity index (χ1n) is 7.02. The number of rotatable bonds is 5. The average molecular weight is 270 g/mol. The van der Waals surface area contributed by atoms with Crippen molar-refractivity contribution in [3.05, 3.63) is 36.3 Å². The summed E-state index contributed by atoms with van der Waals surface area (Å²) in [4.78, 5) is 15.8. The fourth-order valence-corrected chi connectivity index (χ4v) is 2.29. The predicted molar refractivity (Wildman–Crippen MR) is 77.0 cm³/mol. The molecule has 1 saturated carbocycles. The zero-order valence-corrected chi connectivity index (χ0v) is 11.8. The van der Waals surface area contributed by atoms with Crippen molar-refractivity contribution in [3.8, 4) is 17.0 Å². The van der Waals surface area contributed by atoms with Gasteiger partial charge in [-0.15, -0.1) is 0 Å². The molecule has 1 aliphatic carbocycles. The van der Waals surface area contributed by atoms with Gasteiger partial charge in [-0.2, -0.15) is 0 Å². The van der Waals surface area contributed by atoms with E-state index in [0.29, 0.717) is 11.9 Å². The molecule has 1 aliphatic rings. The van der Waals surface area contributed by atoms with Gasteiger partial charge < -0.3 is 9.30 Å². The van der Waals surface area contributed by atoms with Gasteiger partial charge in [-0.05, 0) is 44.0 Å². The summed E-state index contributed by atoms with van der Waals surface area (Å²) in [6.07, 6.45) is 4.49. The number of benzene rings is 1. The fourth-order valence-electron chi connectivity index (χ4n) is 2.29. The Morgan fingerprint density at radius 3 is 2.60 bits per heavy atom. The maximum Gasteiger partial charge on any atom is 0.195 e. The lowest BCUT2D eigenvalue weighted by atomic mass is 10.1. The van der Waals surface area contributed by atoms with Crippen LogP contribution < -0.4 is 4.74 Å². The Morgan fingerprint density at radius 2 is 2.05 bits per heavy atom. The minimum absolute atomic E-state index is 0.00760. The quantitative estimate of drug-likeness (QED) is 0.783. The van der Waals surface area contributed by atoms with E-state index < -0.39 is 0 Å². The van der Waals surface area contributed by atoms with Crippen molar-refractivity contribution in [3.63, 3.8) is 0 Å². The fraction of sp³-hybridized carbons (Fsp3) is 0.375. The van der Waals surface area contributed by atoms with Crippen LogP contribution >= 0.6 is 0 Å². The third-order valence-corrected chi connectivity index (χ3v) is 3.46. The van der Waals surface area contributed by atoms with Crippen LogP contribution in [0.5, 0.6) is 5.75 Å². The number of carbonyl (C=O) groups is 1. The number of hydrogen-bond acceptors (Lipinski definition) is 3. The van der Waals surface area contributed by atoms with E-state index in [1.807, 2.05) is 35.8 Å². The maximum atomic E-state index is 11.5. The first-order valence-corrected chi connectivity index (χ1v) is 7.02. The van der Waals surface area contributed by atoms with Crippen molar-refractivity contribution in [1.82, 2.24) is 9.55 Å². The largest absolute Gasteiger partial charge is 0.490 e. The first kappa shape index (κ1) is 12.9. The van der Waals surface area contributed by atoms with E-state index in [2.05, 4.69) is 4.98 Å². The summed E-state index contributed by atoms with van der Waals surface area (Å²) >= 11 is 0. The zero-order valence-electron chi connectivity index (χ0n) is 11.8. The number of ketones is 1. The highest BCUT2D eigenvalue weighted by Crippen LogP contribution is 2.29. The molecule has 2 aromatic rings. The van der Waals surface area contributed by atoms with Crippen LogP contribution in [0.3, 0.4) is 0 Å². The highest BCUT2D eigenvalue weighted by atomic mass is 16.5. The van der Waals surface area contributed by atoms with Gasteiger partial charge in [0.1, 0.15) is 5.75 Å². The van der Waals surface area contributed by atoms with Gasteiger partial charge in [0.2, 0.25) is 0 Å². The molecule has 1 heterocycles. The average Bonchev–Trinajstić information content (AvgIpc) is 3.15. The van der Waals surface area contributed by atoms with Gasteiger partial charge in [0.05, 0.1) is 18.0 Å². The minimum atomic E-state index is -0.00760. The van der Waals surface area contributed by atoms with Crippen LogP contribution in [0.2, 0.25) is 0 Å². The van der Waals surface area contributed by atoms with Gasteiger partial charge in [-0.25, -0.2) is 4.98 Å². The van der Waals surface area contributed by atoms with E-state index in [4.69, 9.17) is 4.74 Å². The van der Waals surface area contributed by atoms with Gasteiger partial charge in [-0.3, -0.25) is 4.79 Å². The molecule has 1 fully saturated rings. The van der Waals surface area contributed by atoms with E-state index in [1.165, 1.54) is 0 Å². The molecule has 20 heavy (non-hydrogen) atoms. The number of nitrogens with zero attached hydrogens (tertiary/aromatic N) is 2. The number of Topliss-reactive ketones (excluding diaryl/α,β-unsaturated/α-hetero) is 1. The van der Waals surface area contributed by atoms with Crippen LogP contribution in [0, 0.1) is 0 Å². The summed E-state index contributed by atoms with van der Waals surface area (Å²) in [5.41, 5.74) is 2.02. The van der Waals surface area contributed by atoms with Crippen molar-refractivity contribution < 1.29 is 9.53 Å². The molecule has 104 valence electrons. The standard InChI is InChI=1S/C16H18N2O2/c1-3-18-15(10-17-16(18)11(2)19)12-4-6-13(7-5-12)20-14-8-9-14/h4-7,10,14H,3,8-9H2,1-2H3. The molecule has 0 bridgehead atoms. The van der Waals surface area contributed by atoms with Crippen molar-refractivity contribution in [2.24, 2.45) is 0 Å². The number of carbonyl (C=O) groups excluding carboxylic acids is 1. The Balaban J connectivity index is 1.89. The molecule has 0 aliphatic heterocycles. The number of aromatic nitrogens is 2. The van der Waals surface area contributed by atoms with Gasteiger partial charge >= 0.3 is 0 Å². The molecule has 0 spiro atoms. The van der Waals surface area contributed by atoms with Crippen LogP contribution in [0.15, 0.2) is 30.5 Å². The monoisotopic (exact) mass is 270 g/mol. The Bertz CT molecular complexity index is 624. The second kappa shape index (κ2) is 5.12. The van der Waals surface area contributed by atoms with E-state index in [-0.39, 0.29) is 5.78 Å². The predicted octanol–water partition coefficient (Wildman–Crippen LogP) is 3.31. The second-order valence-corrected chi connectivity index (χ2v) is 5.11. The lowest BCUT2D eigenvalue weighted by molar-refractivity contribution is 0.1000. The summed E-state index contributed by atoms with van der Waals surface area (Å²) in [5.74, 6) is 1.41. The van der Waals surface area contributed by atoms with Crippen molar-refractivity contribution in [2.45, 2.75) is 39.3 Å². The molecule has 0 N–H and O–H groups in total. The third kappa shape index (κ3) is 2.46. The van der Waals surface area contributed by atoms with Crippen LogP contribution in [0.1, 0.15) is 37.3 Å². The van der Waals surface area contributed by atoms with E-state index in [1.54, 1.807) is 13.1 Å². The maximum absolute atomic E-state index is 11.5. The minimum Gasteiger partial charge on any atom is -0.490 e. The van der Waals surface area contributed by atoms with Crippen LogP contribution in [0.4, 0.5) is 0 Å². The molecule has 0 amide bonds. The highest BCUT2D eigenvalue weighted by Gasteiger charge is 2.23. The van der Waals surface area contributed by atoms with Crippen LogP contribution in [-0.2, 0) is 6.54 Å². The van der Waals surface area contributed by atoms with Crippen molar-refractivity contribution in [2.75, 3.05) is 0 Å². The summed E-state index contributed by atoms with van der Waals surface area (Å²) < 4.78 is 7.68. The second-order valence-electron chi connectivity index (χ2n) is 5.11. The third-order valence-electron chi connectivity index (χ3n) is 3.46. The number of hydrogen-bond donors (Lipinski definition) is 0. The zero-order chi connectivity index (χ0) is 14.1. The molecular formula is C16H18N2O2. The summed E-state index contributed by atoms with van der Waals surface area (Å²) in [6.45, 7) is 4.29. The van der Waals surface area contributed by atoms with E-state index in [0.717, 1.165) is 36.4 Å². The molecular weight excluding hydrogens is 252 g/mol. The normalized spacial score (nSPS) is 14.3. The number of imidazole rings is 1. The topological polar surface area (TPSA) is 44.1 Å². The van der Waals surface area contributed by atoms with Crippen LogP contribution in [0.25, 0.3) is 11.3 Å². The summed E-state index contributed by atoms with van der Waals surface area (Å²) in [7, 11) is 0. The Morgan fingerprint density at radius 1 is 1.35 bits per heavy atom. The van der Waals surface area contributed by atoms with Gasteiger partial charge in [-0.1, -0.05) is 0 Å². The highest BCUT2D eigenvalue weighted by molar-refractivity contribution is 5.91. The molecule has 0 atom stereocenters. The molecule has 3 rings (SSSR count). The number of ether oxygens (including phenoxy) is 1. The molecule has 0 saturated heterocycles.